The van der Waals surface area contributed by atoms with E-state index >= 15 is 0 Å². The Labute approximate surface area is 118 Å². The maximum absolute atomic E-state index is 5.42. The minimum atomic E-state index is 0.0827. The van der Waals surface area contributed by atoms with E-state index in [1.165, 1.54) is 28.4 Å². The van der Waals surface area contributed by atoms with Crippen LogP contribution in [0.1, 0.15) is 0 Å². The molecule has 0 unspecified atom stereocenters. The summed E-state index contributed by atoms with van der Waals surface area (Å²) in [6.07, 6.45) is 0. The first-order valence-corrected chi connectivity index (χ1v) is 5.84. The lowest BCUT2D eigenvalue weighted by atomic mass is 10.2. The molecule has 0 atom stereocenters. The highest BCUT2D eigenvalue weighted by Gasteiger charge is 2.14. The number of hydrogen-bond acceptors (Lipinski definition) is 7. The van der Waals surface area contributed by atoms with Gasteiger partial charge in [0.1, 0.15) is 0 Å². The van der Waals surface area contributed by atoms with Gasteiger partial charge in [-0.1, -0.05) is 0 Å². The molecule has 0 saturated heterocycles. The third-order valence-corrected chi connectivity index (χ3v) is 2.23. The summed E-state index contributed by atoms with van der Waals surface area (Å²) in [6, 6.07) is 3.29. The van der Waals surface area contributed by atoms with Gasteiger partial charge in [0.05, 0.1) is 7.11 Å². The molecule has 114 valence electrons. The second-order valence-electron chi connectivity index (χ2n) is 3.60. The lowest BCUT2D eigenvalue weighted by Gasteiger charge is -2.16. The van der Waals surface area contributed by atoms with Crippen molar-refractivity contribution in [2.45, 2.75) is 0 Å². The van der Waals surface area contributed by atoms with Crippen LogP contribution < -0.4 is 18.9 Å². The molecule has 7 heteroatoms. The first-order chi connectivity index (χ1) is 9.76. The van der Waals surface area contributed by atoms with Gasteiger partial charge in [-0.3, -0.25) is 0 Å². The number of hydrogen-bond donors (Lipinski definition) is 0. The van der Waals surface area contributed by atoms with E-state index < -0.39 is 0 Å². The first kappa shape index (κ1) is 16.4. The minimum Gasteiger partial charge on any atom is -0.493 e. The Morgan fingerprint density at radius 3 is 1.30 bits per heavy atom. The van der Waals surface area contributed by atoms with Crippen molar-refractivity contribution >= 4 is 0 Å². The maximum atomic E-state index is 5.42. The molecule has 7 nitrogen and oxygen atoms in total. The Hall–Kier alpha value is -1.70. The molecule has 0 heterocycles. The van der Waals surface area contributed by atoms with Crippen molar-refractivity contribution in [2.24, 2.45) is 0 Å². The molecule has 0 aliphatic carbocycles. The van der Waals surface area contributed by atoms with Crippen molar-refractivity contribution < 1.29 is 33.2 Å². The second kappa shape index (κ2) is 9.24. The predicted octanol–water partition coefficient (Wildman–Crippen LogP) is 1.64. The highest BCUT2D eigenvalue weighted by molar-refractivity contribution is 5.54. The van der Waals surface area contributed by atoms with E-state index in [1.807, 2.05) is 0 Å². The average Bonchev–Trinajstić information content (AvgIpc) is 2.48. The lowest BCUT2D eigenvalue weighted by Crippen LogP contribution is -2.06. The van der Waals surface area contributed by atoms with Gasteiger partial charge < -0.3 is 33.2 Å². The second-order valence-corrected chi connectivity index (χ2v) is 3.60. The Morgan fingerprint density at radius 2 is 0.950 bits per heavy atom. The van der Waals surface area contributed by atoms with Crippen molar-refractivity contribution in [1.29, 1.82) is 0 Å². The molecule has 0 bridgehead atoms. The van der Waals surface area contributed by atoms with Crippen LogP contribution in [0.2, 0.25) is 0 Å². The van der Waals surface area contributed by atoms with Crippen LogP contribution in [0.3, 0.4) is 0 Å². The summed E-state index contributed by atoms with van der Waals surface area (Å²) >= 11 is 0. The molecule has 0 fully saturated rings. The molecule has 0 N–H and O–H groups in total. The highest BCUT2D eigenvalue weighted by Crippen LogP contribution is 2.39. The largest absolute Gasteiger partial charge is 0.493 e. The average molecular weight is 288 g/mol. The van der Waals surface area contributed by atoms with E-state index in [1.54, 1.807) is 12.1 Å². The van der Waals surface area contributed by atoms with Crippen LogP contribution in [0.5, 0.6) is 23.0 Å². The summed E-state index contributed by atoms with van der Waals surface area (Å²) in [4.78, 5) is 0. The quantitative estimate of drug-likeness (QED) is 0.606. The molecule has 0 amide bonds. The third kappa shape index (κ3) is 4.76. The Balaban J connectivity index is 3.00. The van der Waals surface area contributed by atoms with Gasteiger partial charge in [0, 0.05) is 33.5 Å². The molecule has 20 heavy (non-hydrogen) atoms. The van der Waals surface area contributed by atoms with E-state index in [0.29, 0.717) is 23.0 Å². The SMILES string of the molecule is COCOc1cc(OCOC)c(OCOC)cc1OC. The van der Waals surface area contributed by atoms with E-state index in [4.69, 9.17) is 33.2 Å². The summed E-state index contributed by atoms with van der Waals surface area (Å²) in [6.45, 7) is 0.266. The van der Waals surface area contributed by atoms with E-state index in [9.17, 15) is 0 Å². The molecule has 0 aromatic heterocycles. The van der Waals surface area contributed by atoms with Crippen molar-refractivity contribution in [3.8, 4) is 23.0 Å². The third-order valence-electron chi connectivity index (χ3n) is 2.23. The zero-order valence-electron chi connectivity index (χ0n) is 12.1. The molecule has 1 rings (SSSR count). The van der Waals surface area contributed by atoms with Crippen LogP contribution in [0.25, 0.3) is 0 Å². The monoisotopic (exact) mass is 288 g/mol. The molecular formula is C13H20O7. The van der Waals surface area contributed by atoms with Crippen LogP contribution in [-0.4, -0.2) is 48.8 Å². The number of methoxy groups -OCH3 is 4. The standard InChI is InChI=1S/C13H20O7/c1-14-7-18-11-6-13(20-9-16-3)12(19-8-15-2)5-10(11)17-4/h5-6H,7-9H2,1-4H3. The molecule has 0 aliphatic rings. The molecule has 1 aromatic rings. The van der Waals surface area contributed by atoms with E-state index in [2.05, 4.69) is 0 Å². The highest BCUT2D eigenvalue weighted by atomic mass is 16.7. The summed E-state index contributed by atoms with van der Waals surface area (Å²) in [7, 11) is 6.13. The van der Waals surface area contributed by atoms with E-state index in [-0.39, 0.29) is 20.4 Å². The fourth-order valence-corrected chi connectivity index (χ4v) is 1.39. The summed E-state index contributed by atoms with van der Waals surface area (Å²) in [5.41, 5.74) is 0. The number of rotatable bonds is 10. The van der Waals surface area contributed by atoms with Crippen LogP contribution in [0, 0.1) is 0 Å². The molecule has 0 spiro atoms. The van der Waals surface area contributed by atoms with Crippen molar-refractivity contribution in [2.75, 3.05) is 48.8 Å². The van der Waals surface area contributed by atoms with Gasteiger partial charge in [0.25, 0.3) is 0 Å². The normalized spacial score (nSPS) is 10.2. The number of ether oxygens (including phenoxy) is 7. The van der Waals surface area contributed by atoms with Gasteiger partial charge in [-0.2, -0.15) is 0 Å². The Kier molecular flexibility index (Phi) is 7.56. The predicted molar refractivity (Wildman–Crippen MR) is 70.5 cm³/mol. The zero-order chi connectivity index (χ0) is 14.8. The summed E-state index contributed by atoms with van der Waals surface area (Å²) in [5.74, 6) is 1.89. The van der Waals surface area contributed by atoms with Gasteiger partial charge in [-0.05, 0) is 0 Å². The molecule has 0 aliphatic heterocycles. The van der Waals surface area contributed by atoms with Gasteiger partial charge in [-0.25, -0.2) is 0 Å². The van der Waals surface area contributed by atoms with Crippen LogP contribution >= 0.6 is 0 Å². The molecule has 0 radical (unpaired) electrons. The van der Waals surface area contributed by atoms with Gasteiger partial charge in [-0.15, -0.1) is 0 Å². The van der Waals surface area contributed by atoms with Crippen molar-refractivity contribution in [1.82, 2.24) is 0 Å². The van der Waals surface area contributed by atoms with E-state index in [0.717, 1.165) is 0 Å². The van der Waals surface area contributed by atoms with Crippen molar-refractivity contribution in [3.05, 3.63) is 12.1 Å². The first-order valence-electron chi connectivity index (χ1n) is 5.84. The fraction of sp³-hybridized carbons (Fsp3) is 0.538. The summed E-state index contributed by atoms with van der Waals surface area (Å²) < 4.78 is 36.1. The topological polar surface area (TPSA) is 64.6 Å². The molecule has 0 saturated carbocycles. The summed E-state index contributed by atoms with van der Waals surface area (Å²) in [5, 5.41) is 0. The van der Waals surface area contributed by atoms with Crippen LogP contribution in [0.4, 0.5) is 0 Å². The minimum absolute atomic E-state index is 0.0827. The molecule has 1 aromatic carbocycles. The van der Waals surface area contributed by atoms with Gasteiger partial charge >= 0.3 is 0 Å². The fourth-order valence-electron chi connectivity index (χ4n) is 1.39. The van der Waals surface area contributed by atoms with Gasteiger partial charge in [0.2, 0.25) is 0 Å². The number of benzene rings is 1. The maximum Gasteiger partial charge on any atom is 0.188 e. The van der Waals surface area contributed by atoms with Crippen LogP contribution in [0.15, 0.2) is 12.1 Å². The van der Waals surface area contributed by atoms with Crippen LogP contribution in [-0.2, 0) is 14.2 Å². The van der Waals surface area contributed by atoms with Crippen molar-refractivity contribution in [3.63, 3.8) is 0 Å². The van der Waals surface area contributed by atoms with Gasteiger partial charge in [0.15, 0.2) is 43.4 Å². The Bertz CT molecular complexity index is 395. The zero-order valence-corrected chi connectivity index (χ0v) is 12.1. The Morgan fingerprint density at radius 1 is 0.600 bits per heavy atom. The smallest absolute Gasteiger partial charge is 0.188 e. The lowest BCUT2D eigenvalue weighted by molar-refractivity contribution is 0.0302. The molecular weight excluding hydrogens is 268 g/mol.